The predicted octanol–water partition coefficient (Wildman–Crippen LogP) is 1.28. The van der Waals surface area contributed by atoms with Crippen molar-refractivity contribution >= 4 is 18.2 Å². The average molecular weight is 322 g/mol. The van der Waals surface area contributed by atoms with Crippen LogP contribution in [0, 0.1) is 0 Å². The molecule has 0 fully saturated rings. The summed E-state index contributed by atoms with van der Waals surface area (Å²) in [6, 6.07) is 7.58. The summed E-state index contributed by atoms with van der Waals surface area (Å²) in [6.45, 7) is 3.03. The molecule has 0 saturated carbocycles. The lowest BCUT2D eigenvalue weighted by molar-refractivity contribution is -0.139. The van der Waals surface area contributed by atoms with Crippen LogP contribution in [-0.2, 0) is 20.9 Å². The Bertz CT molecular complexity index is 546. The Morgan fingerprint density at radius 2 is 1.87 bits per heavy atom. The van der Waals surface area contributed by atoms with Gasteiger partial charge < -0.3 is 25.2 Å². The maximum atomic E-state index is 11.6. The van der Waals surface area contributed by atoms with Crippen LogP contribution in [0.25, 0.3) is 0 Å². The van der Waals surface area contributed by atoms with Crippen LogP contribution in [-0.4, -0.2) is 42.5 Å². The van der Waals surface area contributed by atoms with Crippen molar-refractivity contribution in [3.05, 3.63) is 48.6 Å². The second kappa shape index (κ2) is 9.82. The molecular weight excluding hydrogens is 304 g/mol. The fraction of sp³-hybridized carbons (Fsp3) is 0.267. The van der Waals surface area contributed by atoms with Crippen molar-refractivity contribution in [3.63, 3.8) is 0 Å². The van der Waals surface area contributed by atoms with Crippen LogP contribution < -0.4 is 10.6 Å². The molecule has 3 N–H and O–H groups in total. The van der Waals surface area contributed by atoms with E-state index in [9.17, 15) is 14.4 Å². The number of amides is 2. The molecule has 0 aliphatic heterocycles. The van der Waals surface area contributed by atoms with Crippen LogP contribution in [0.4, 0.5) is 9.59 Å². The first-order valence-corrected chi connectivity index (χ1v) is 6.74. The number of hydrogen-bond donors (Lipinski definition) is 3. The van der Waals surface area contributed by atoms with Crippen molar-refractivity contribution in [1.29, 1.82) is 0 Å². The summed E-state index contributed by atoms with van der Waals surface area (Å²) in [5.41, 5.74) is 0.764. The highest BCUT2D eigenvalue weighted by Gasteiger charge is 2.21. The van der Waals surface area contributed by atoms with E-state index in [1.54, 1.807) is 24.3 Å². The zero-order valence-corrected chi connectivity index (χ0v) is 12.4. The minimum atomic E-state index is -1.34. The molecule has 0 aliphatic carbocycles. The molecule has 1 rings (SSSR count). The second-order valence-corrected chi connectivity index (χ2v) is 4.36. The van der Waals surface area contributed by atoms with Crippen molar-refractivity contribution in [2.45, 2.75) is 12.6 Å². The van der Waals surface area contributed by atoms with E-state index in [2.05, 4.69) is 21.9 Å². The zero-order chi connectivity index (χ0) is 17.1. The van der Waals surface area contributed by atoms with E-state index < -0.39 is 24.2 Å². The largest absolute Gasteiger partial charge is 0.480 e. The van der Waals surface area contributed by atoms with E-state index in [1.807, 2.05) is 6.07 Å². The van der Waals surface area contributed by atoms with Gasteiger partial charge >= 0.3 is 18.2 Å². The minimum absolute atomic E-state index is 0.00385. The summed E-state index contributed by atoms with van der Waals surface area (Å²) in [5, 5.41) is 13.4. The number of aliphatic carboxylic acids is 1. The van der Waals surface area contributed by atoms with Crippen LogP contribution in [0.1, 0.15) is 5.56 Å². The van der Waals surface area contributed by atoms with E-state index in [1.165, 1.54) is 6.08 Å². The third-order valence-corrected chi connectivity index (χ3v) is 2.59. The molecule has 0 saturated heterocycles. The Morgan fingerprint density at radius 1 is 1.17 bits per heavy atom. The monoisotopic (exact) mass is 322 g/mol. The SMILES string of the molecule is C=CCOC(=O)NC[C@@H](NC(=O)OCc1ccccc1)C(=O)O. The molecule has 1 aromatic rings. The molecule has 1 atom stereocenters. The molecule has 8 nitrogen and oxygen atoms in total. The molecule has 0 aliphatic rings. The fourth-order valence-electron chi connectivity index (χ4n) is 1.48. The number of carboxylic acids is 1. The lowest BCUT2D eigenvalue weighted by Gasteiger charge is -2.15. The van der Waals surface area contributed by atoms with Gasteiger partial charge in [-0.15, -0.1) is 0 Å². The molecule has 0 heterocycles. The first-order chi connectivity index (χ1) is 11.0. The number of nitrogens with one attached hydrogen (secondary N) is 2. The quantitative estimate of drug-likeness (QED) is 0.621. The Hall–Kier alpha value is -3.03. The first kappa shape index (κ1) is 18.0. The number of rotatable bonds is 8. The Kier molecular flexibility index (Phi) is 7.70. The molecule has 0 radical (unpaired) electrons. The van der Waals surface area contributed by atoms with Crippen LogP contribution in [0.2, 0.25) is 0 Å². The molecule has 2 amide bonds. The third kappa shape index (κ3) is 7.51. The van der Waals surface area contributed by atoms with E-state index in [-0.39, 0.29) is 19.8 Å². The molecule has 0 spiro atoms. The Labute approximate surface area is 133 Å². The van der Waals surface area contributed by atoms with Crippen LogP contribution in [0.5, 0.6) is 0 Å². The van der Waals surface area contributed by atoms with Crippen molar-refractivity contribution in [3.8, 4) is 0 Å². The Balaban J connectivity index is 2.39. The maximum Gasteiger partial charge on any atom is 0.408 e. The summed E-state index contributed by atoms with van der Waals surface area (Å²) in [6.07, 6.45) is -0.342. The fourth-order valence-corrected chi connectivity index (χ4v) is 1.48. The zero-order valence-electron chi connectivity index (χ0n) is 12.4. The number of ether oxygens (including phenoxy) is 2. The smallest absolute Gasteiger partial charge is 0.408 e. The molecule has 0 unspecified atom stereocenters. The van der Waals surface area contributed by atoms with Gasteiger partial charge in [0.15, 0.2) is 0 Å². The van der Waals surface area contributed by atoms with E-state index >= 15 is 0 Å². The van der Waals surface area contributed by atoms with Gasteiger partial charge in [0, 0.05) is 0 Å². The van der Waals surface area contributed by atoms with Gasteiger partial charge in [0.1, 0.15) is 19.3 Å². The normalized spacial score (nSPS) is 11.0. The molecule has 0 bridgehead atoms. The molecule has 23 heavy (non-hydrogen) atoms. The van der Waals surface area contributed by atoms with Crippen molar-refractivity contribution in [2.75, 3.05) is 13.2 Å². The number of hydrogen-bond acceptors (Lipinski definition) is 5. The molecule has 1 aromatic carbocycles. The number of carbonyl (C=O) groups is 3. The van der Waals surface area contributed by atoms with Gasteiger partial charge in [0.25, 0.3) is 0 Å². The number of carboxylic acid groups (broad SMARTS) is 1. The van der Waals surface area contributed by atoms with Gasteiger partial charge in [-0.1, -0.05) is 43.0 Å². The molecule has 0 aromatic heterocycles. The maximum absolute atomic E-state index is 11.6. The molecule has 124 valence electrons. The molecular formula is C15H18N2O6. The number of alkyl carbamates (subject to hydrolysis) is 2. The van der Waals surface area contributed by atoms with Gasteiger partial charge in [-0.05, 0) is 5.56 Å². The van der Waals surface area contributed by atoms with E-state index in [0.29, 0.717) is 0 Å². The highest BCUT2D eigenvalue weighted by molar-refractivity contribution is 5.80. The first-order valence-electron chi connectivity index (χ1n) is 6.74. The number of carbonyl (C=O) groups excluding carboxylic acids is 2. The van der Waals surface area contributed by atoms with E-state index in [0.717, 1.165) is 5.56 Å². The summed E-state index contributed by atoms with van der Waals surface area (Å²) < 4.78 is 9.54. The topological polar surface area (TPSA) is 114 Å². The standard InChI is InChI=1S/C15H18N2O6/c1-2-8-22-14(20)16-9-12(13(18)19)17-15(21)23-10-11-6-4-3-5-7-11/h2-7,12H,1,8-10H2,(H,16,20)(H,17,21)(H,18,19)/t12-/m1/s1. The third-order valence-electron chi connectivity index (χ3n) is 2.59. The second-order valence-electron chi connectivity index (χ2n) is 4.36. The van der Waals surface area contributed by atoms with E-state index in [4.69, 9.17) is 9.84 Å². The van der Waals surface area contributed by atoms with Gasteiger partial charge in [-0.25, -0.2) is 14.4 Å². The highest BCUT2D eigenvalue weighted by atomic mass is 16.6. The van der Waals surface area contributed by atoms with Gasteiger partial charge in [0.05, 0.1) is 6.54 Å². The lowest BCUT2D eigenvalue weighted by Crippen LogP contribution is -2.48. The summed E-state index contributed by atoms with van der Waals surface area (Å²) in [7, 11) is 0. The summed E-state index contributed by atoms with van der Waals surface area (Å²) >= 11 is 0. The van der Waals surface area contributed by atoms with Gasteiger partial charge in [-0.3, -0.25) is 0 Å². The summed E-state index contributed by atoms with van der Waals surface area (Å²) in [4.78, 5) is 33.9. The minimum Gasteiger partial charge on any atom is -0.480 e. The van der Waals surface area contributed by atoms with Gasteiger partial charge in [-0.2, -0.15) is 0 Å². The van der Waals surface area contributed by atoms with Crippen LogP contribution in [0.3, 0.4) is 0 Å². The molecule has 8 heteroatoms. The van der Waals surface area contributed by atoms with Crippen molar-refractivity contribution in [1.82, 2.24) is 10.6 Å². The average Bonchev–Trinajstić information content (AvgIpc) is 2.55. The van der Waals surface area contributed by atoms with Gasteiger partial charge in [0.2, 0.25) is 0 Å². The predicted molar refractivity (Wildman–Crippen MR) is 80.7 cm³/mol. The van der Waals surface area contributed by atoms with Crippen LogP contribution >= 0.6 is 0 Å². The van der Waals surface area contributed by atoms with Crippen molar-refractivity contribution < 1.29 is 29.0 Å². The lowest BCUT2D eigenvalue weighted by atomic mass is 10.2. The van der Waals surface area contributed by atoms with Crippen LogP contribution in [0.15, 0.2) is 43.0 Å². The Morgan fingerprint density at radius 3 is 2.48 bits per heavy atom. The van der Waals surface area contributed by atoms with Crippen molar-refractivity contribution in [2.24, 2.45) is 0 Å². The highest BCUT2D eigenvalue weighted by Crippen LogP contribution is 2.00. The summed E-state index contributed by atoms with van der Waals surface area (Å²) in [5.74, 6) is -1.31. The number of benzene rings is 1.